The number of hydrogen-bond acceptors (Lipinski definition) is 5. The Morgan fingerprint density at radius 3 is 2.70 bits per heavy atom. The molecule has 0 bridgehead atoms. The molecule has 8 nitrogen and oxygen atoms in total. The standard InChI is InChI=1S/C21H23BrN6O2/c1-12-8-13(2)27(24-12)11-28-15(4)20(14(3)25-28)23-21(29)19-10-18(26-30-19)16-6-5-7-17(22)9-16/h5-9,19H,10-11H2,1-4H3,(H,23,29). The van der Waals surface area contributed by atoms with Gasteiger partial charge in [0.2, 0.25) is 6.10 Å². The van der Waals surface area contributed by atoms with Crippen LogP contribution in [0, 0.1) is 27.7 Å². The topological polar surface area (TPSA) is 86.3 Å². The maximum absolute atomic E-state index is 12.8. The summed E-state index contributed by atoms with van der Waals surface area (Å²) >= 11 is 3.45. The van der Waals surface area contributed by atoms with Crippen molar-refractivity contribution < 1.29 is 9.63 Å². The van der Waals surface area contributed by atoms with Crippen molar-refractivity contribution in [2.75, 3.05) is 5.32 Å². The molecule has 1 N–H and O–H groups in total. The number of anilines is 1. The van der Waals surface area contributed by atoms with Crippen molar-refractivity contribution in [2.45, 2.75) is 46.9 Å². The zero-order chi connectivity index (χ0) is 21.4. The molecule has 0 fully saturated rings. The van der Waals surface area contributed by atoms with Crippen molar-refractivity contribution in [1.29, 1.82) is 0 Å². The van der Waals surface area contributed by atoms with Crippen LogP contribution in [-0.2, 0) is 16.3 Å². The minimum absolute atomic E-state index is 0.236. The molecule has 30 heavy (non-hydrogen) atoms. The fourth-order valence-corrected chi connectivity index (χ4v) is 3.92. The average molecular weight is 471 g/mol. The summed E-state index contributed by atoms with van der Waals surface area (Å²) in [7, 11) is 0. The van der Waals surface area contributed by atoms with Gasteiger partial charge in [-0.1, -0.05) is 33.2 Å². The Morgan fingerprint density at radius 2 is 2.00 bits per heavy atom. The molecule has 0 spiro atoms. The molecular formula is C21H23BrN6O2. The molecule has 1 aliphatic heterocycles. The number of nitrogens with zero attached hydrogens (tertiary/aromatic N) is 5. The van der Waals surface area contributed by atoms with E-state index in [4.69, 9.17) is 4.84 Å². The Bertz CT molecular complexity index is 1150. The number of aromatic nitrogens is 4. The first-order chi connectivity index (χ1) is 14.3. The Kier molecular flexibility index (Phi) is 5.46. The van der Waals surface area contributed by atoms with E-state index in [9.17, 15) is 4.79 Å². The van der Waals surface area contributed by atoms with Gasteiger partial charge < -0.3 is 10.2 Å². The molecule has 4 rings (SSSR count). The van der Waals surface area contributed by atoms with E-state index in [-0.39, 0.29) is 5.91 Å². The van der Waals surface area contributed by atoms with E-state index in [1.54, 1.807) is 0 Å². The third-order valence-corrected chi connectivity index (χ3v) is 5.61. The molecule has 2 aromatic heterocycles. The summed E-state index contributed by atoms with van der Waals surface area (Å²) in [4.78, 5) is 18.2. The molecule has 0 radical (unpaired) electrons. The van der Waals surface area contributed by atoms with Gasteiger partial charge in [0, 0.05) is 22.2 Å². The van der Waals surface area contributed by atoms with E-state index in [0.29, 0.717) is 18.8 Å². The molecule has 156 valence electrons. The lowest BCUT2D eigenvalue weighted by molar-refractivity contribution is -0.125. The van der Waals surface area contributed by atoms with Gasteiger partial charge in [-0.15, -0.1) is 0 Å². The van der Waals surface area contributed by atoms with E-state index < -0.39 is 6.10 Å². The summed E-state index contributed by atoms with van der Waals surface area (Å²) < 4.78 is 4.68. The van der Waals surface area contributed by atoms with Crippen molar-refractivity contribution >= 4 is 33.2 Å². The Labute approximate surface area is 183 Å². The highest BCUT2D eigenvalue weighted by Crippen LogP contribution is 2.24. The number of oxime groups is 1. The van der Waals surface area contributed by atoms with Gasteiger partial charge in [-0.25, -0.2) is 9.36 Å². The Balaban J connectivity index is 1.45. The molecule has 0 saturated heterocycles. The largest absolute Gasteiger partial charge is 0.382 e. The predicted octanol–water partition coefficient (Wildman–Crippen LogP) is 3.71. The van der Waals surface area contributed by atoms with Gasteiger partial charge >= 0.3 is 0 Å². The molecule has 1 amide bonds. The number of hydrogen-bond donors (Lipinski definition) is 1. The zero-order valence-corrected chi connectivity index (χ0v) is 18.9. The van der Waals surface area contributed by atoms with Crippen molar-refractivity contribution in [3.05, 3.63) is 63.1 Å². The molecule has 1 aliphatic rings. The first-order valence-corrected chi connectivity index (χ1v) is 10.5. The number of aryl methyl sites for hydroxylation is 3. The van der Waals surface area contributed by atoms with Gasteiger partial charge in [-0.05, 0) is 45.9 Å². The third-order valence-electron chi connectivity index (χ3n) is 5.12. The normalized spacial score (nSPS) is 15.8. The van der Waals surface area contributed by atoms with Gasteiger partial charge in [-0.3, -0.25) is 4.79 Å². The lowest BCUT2D eigenvalue weighted by atomic mass is 10.0. The fraction of sp³-hybridized carbons (Fsp3) is 0.333. The Morgan fingerprint density at radius 1 is 1.20 bits per heavy atom. The summed E-state index contributed by atoms with van der Waals surface area (Å²) in [5.74, 6) is -0.236. The van der Waals surface area contributed by atoms with Crippen LogP contribution < -0.4 is 5.32 Å². The van der Waals surface area contributed by atoms with Crippen LogP contribution in [0.2, 0.25) is 0 Å². The maximum Gasteiger partial charge on any atom is 0.268 e. The first kappa shape index (κ1) is 20.3. The van der Waals surface area contributed by atoms with Crippen molar-refractivity contribution in [3.8, 4) is 0 Å². The van der Waals surface area contributed by atoms with E-state index in [1.165, 1.54) is 0 Å². The van der Waals surface area contributed by atoms with Crippen LogP contribution in [0.25, 0.3) is 0 Å². The summed E-state index contributed by atoms with van der Waals surface area (Å²) in [5, 5.41) is 16.1. The number of amides is 1. The molecule has 3 aromatic rings. The van der Waals surface area contributed by atoms with Gasteiger partial charge in [0.25, 0.3) is 5.91 Å². The van der Waals surface area contributed by atoms with E-state index >= 15 is 0 Å². The number of rotatable bonds is 5. The quantitative estimate of drug-likeness (QED) is 0.615. The van der Waals surface area contributed by atoms with Gasteiger partial charge in [0.15, 0.2) is 0 Å². The second-order valence-electron chi connectivity index (χ2n) is 7.45. The highest BCUT2D eigenvalue weighted by molar-refractivity contribution is 9.10. The fourth-order valence-electron chi connectivity index (χ4n) is 3.52. The SMILES string of the molecule is Cc1cc(C)n(Cn2nc(C)c(NC(=O)C3CC(c4cccc(Br)c4)=NO3)c2C)n1. The highest BCUT2D eigenvalue weighted by atomic mass is 79.9. The molecule has 0 saturated carbocycles. The predicted molar refractivity (Wildman–Crippen MR) is 118 cm³/mol. The van der Waals surface area contributed by atoms with Gasteiger partial charge in [-0.2, -0.15) is 10.2 Å². The van der Waals surface area contributed by atoms with Crippen molar-refractivity contribution in [1.82, 2.24) is 19.6 Å². The zero-order valence-electron chi connectivity index (χ0n) is 17.3. The van der Waals surface area contributed by atoms with E-state index in [0.717, 1.165) is 38.5 Å². The molecule has 3 heterocycles. The molecule has 9 heteroatoms. The number of carbonyl (C=O) groups is 1. The second kappa shape index (κ2) is 8.06. The number of benzene rings is 1. The van der Waals surface area contributed by atoms with Crippen LogP contribution in [0.5, 0.6) is 0 Å². The molecule has 1 unspecified atom stereocenters. The van der Waals surface area contributed by atoms with Crippen LogP contribution >= 0.6 is 15.9 Å². The second-order valence-corrected chi connectivity index (χ2v) is 8.36. The first-order valence-electron chi connectivity index (χ1n) is 9.66. The average Bonchev–Trinajstić information content (AvgIpc) is 3.37. The smallest absolute Gasteiger partial charge is 0.268 e. The summed E-state index contributed by atoms with van der Waals surface area (Å²) in [6.07, 6.45) is -0.252. The van der Waals surface area contributed by atoms with Crippen LogP contribution in [0.15, 0.2) is 40.0 Å². The number of halogens is 1. The van der Waals surface area contributed by atoms with Crippen molar-refractivity contribution in [3.63, 3.8) is 0 Å². The van der Waals surface area contributed by atoms with Crippen LogP contribution in [-0.4, -0.2) is 37.3 Å². The summed E-state index contributed by atoms with van der Waals surface area (Å²) in [6, 6.07) is 9.80. The number of carbonyl (C=O) groups excluding carboxylic acids is 1. The lowest BCUT2D eigenvalue weighted by Crippen LogP contribution is -2.28. The maximum atomic E-state index is 12.8. The number of nitrogens with one attached hydrogen (secondary N) is 1. The van der Waals surface area contributed by atoms with Gasteiger partial charge in [0.1, 0.15) is 6.67 Å². The summed E-state index contributed by atoms with van der Waals surface area (Å²) in [6.45, 7) is 8.26. The minimum atomic E-state index is -0.669. The van der Waals surface area contributed by atoms with E-state index in [1.807, 2.05) is 67.4 Å². The van der Waals surface area contributed by atoms with Crippen LogP contribution in [0.1, 0.15) is 34.8 Å². The molecule has 0 aliphatic carbocycles. The monoisotopic (exact) mass is 470 g/mol. The van der Waals surface area contributed by atoms with E-state index in [2.05, 4.69) is 36.6 Å². The molecule has 1 atom stereocenters. The van der Waals surface area contributed by atoms with Gasteiger partial charge in [0.05, 0.1) is 28.5 Å². The lowest BCUT2D eigenvalue weighted by Gasteiger charge is -2.11. The Hall–Kier alpha value is -2.94. The van der Waals surface area contributed by atoms with Crippen LogP contribution in [0.3, 0.4) is 0 Å². The van der Waals surface area contributed by atoms with Crippen LogP contribution in [0.4, 0.5) is 5.69 Å². The molecular weight excluding hydrogens is 448 g/mol. The van der Waals surface area contributed by atoms with Crippen molar-refractivity contribution in [2.24, 2.45) is 5.16 Å². The third kappa shape index (κ3) is 4.02. The molecule has 1 aromatic carbocycles. The minimum Gasteiger partial charge on any atom is -0.382 e. The highest BCUT2D eigenvalue weighted by Gasteiger charge is 2.30. The summed E-state index contributed by atoms with van der Waals surface area (Å²) in [5.41, 5.74) is 6.01.